The van der Waals surface area contributed by atoms with E-state index in [0.717, 1.165) is 6.42 Å². The lowest BCUT2D eigenvalue weighted by molar-refractivity contribution is -0.157. The van der Waals surface area contributed by atoms with Crippen LogP contribution in [-0.4, -0.2) is 17.8 Å². The fourth-order valence-electron chi connectivity index (χ4n) is 0.886. The Hall–Kier alpha value is -1.12. The molecular formula is C10H15NO2. The topological polar surface area (TPSA) is 38.7 Å². The van der Waals surface area contributed by atoms with E-state index in [1.165, 1.54) is 0 Å². The molecule has 0 amide bonds. The normalized spacial score (nSPS) is 20.7. The zero-order valence-electron chi connectivity index (χ0n) is 8.28. The second kappa shape index (κ2) is 3.73. The minimum Gasteiger partial charge on any atom is -0.459 e. The Balaban J connectivity index is 2.50. The highest BCUT2D eigenvalue weighted by Gasteiger charge is 2.25. The molecule has 3 nitrogen and oxygen atoms in total. The van der Waals surface area contributed by atoms with Crippen molar-refractivity contribution in [3.8, 4) is 0 Å². The van der Waals surface area contributed by atoms with E-state index in [1.807, 2.05) is 20.8 Å². The van der Waals surface area contributed by atoms with Crippen LogP contribution in [0.25, 0.3) is 0 Å². The second-order valence-corrected chi connectivity index (χ2v) is 3.70. The van der Waals surface area contributed by atoms with E-state index < -0.39 is 0 Å². The van der Waals surface area contributed by atoms with Gasteiger partial charge < -0.3 is 4.74 Å². The lowest BCUT2D eigenvalue weighted by Gasteiger charge is -2.24. The summed E-state index contributed by atoms with van der Waals surface area (Å²) in [6.45, 7) is 5.80. The van der Waals surface area contributed by atoms with E-state index in [9.17, 15) is 4.79 Å². The molecule has 0 aromatic carbocycles. The van der Waals surface area contributed by atoms with Gasteiger partial charge in [-0.25, -0.2) is 0 Å². The van der Waals surface area contributed by atoms with Crippen molar-refractivity contribution in [1.82, 2.24) is 0 Å². The highest BCUT2D eigenvalue weighted by Crippen LogP contribution is 2.17. The summed E-state index contributed by atoms with van der Waals surface area (Å²) < 4.78 is 5.29. The molecule has 1 heterocycles. The summed E-state index contributed by atoms with van der Waals surface area (Å²) in [7, 11) is 0. The second-order valence-electron chi connectivity index (χ2n) is 3.70. The predicted molar refractivity (Wildman–Crippen MR) is 51.6 cm³/mol. The number of carbonyl (C=O) groups is 1. The highest BCUT2D eigenvalue weighted by molar-refractivity contribution is 5.93. The van der Waals surface area contributed by atoms with Gasteiger partial charge in [0.25, 0.3) is 0 Å². The summed E-state index contributed by atoms with van der Waals surface area (Å²) in [6.07, 6.45) is 5.75. The van der Waals surface area contributed by atoms with Crippen molar-refractivity contribution in [1.29, 1.82) is 0 Å². The quantitative estimate of drug-likeness (QED) is 0.624. The lowest BCUT2D eigenvalue weighted by atomic mass is 10.1. The average molecular weight is 181 g/mol. The molecule has 0 N–H and O–H groups in total. The van der Waals surface area contributed by atoms with Crippen LogP contribution in [-0.2, 0) is 9.53 Å². The standard InChI is InChI=1S/C10H15NO2/c1-4-10(2,3)13-9(12)8-5-6-11-7-8/h5-8H,4H2,1-3H3. The molecule has 0 saturated carbocycles. The Morgan fingerprint density at radius 2 is 2.31 bits per heavy atom. The third kappa shape index (κ3) is 2.68. The summed E-state index contributed by atoms with van der Waals surface area (Å²) >= 11 is 0. The molecule has 13 heavy (non-hydrogen) atoms. The van der Waals surface area contributed by atoms with Gasteiger partial charge in [-0.1, -0.05) is 6.92 Å². The number of carbonyl (C=O) groups excluding carboxylic acids is 1. The van der Waals surface area contributed by atoms with Gasteiger partial charge in [0.15, 0.2) is 0 Å². The van der Waals surface area contributed by atoms with Crippen LogP contribution in [0.4, 0.5) is 0 Å². The largest absolute Gasteiger partial charge is 0.459 e. The molecule has 1 aliphatic heterocycles. The smallest absolute Gasteiger partial charge is 0.318 e. The molecule has 0 aromatic heterocycles. The molecular weight excluding hydrogens is 166 g/mol. The van der Waals surface area contributed by atoms with E-state index in [0.29, 0.717) is 0 Å². The zero-order chi connectivity index (χ0) is 9.90. The third-order valence-electron chi connectivity index (χ3n) is 2.13. The Morgan fingerprint density at radius 1 is 1.62 bits per heavy atom. The Morgan fingerprint density at radius 3 is 2.77 bits per heavy atom. The number of ether oxygens (including phenoxy) is 1. The van der Waals surface area contributed by atoms with Crippen LogP contribution in [0.2, 0.25) is 0 Å². The molecule has 0 fully saturated rings. The molecule has 0 aromatic rings. The molecule has 0 saturated heterocycles. The van der Waals surface area contributed by atoms with E-state index in [4.69, 9.17) is 4.74 Å². The molecule has 0 bridgehead atoms. The van der Waals surface area contributed by atoms with Gasteiger partial charge in [0.1, 0.15) is 11.5 Å². The molecule has 3 heteroatoms. The van der Waals surface area contributed by atoms with Gasteiger partial charge in [0.05, 0.1) is 0 Å². The first kappa shape index (κ1) is 9.96. The first-order chi connectivity index (χ1) is 6.05. The number of aliphatic imine (C=N–C) groups is 1. The van der Waals surface area contributed by atoms with Crippen LogP contribution in [0.15, 0.2) is 17.3 Å². The number of hydrogen-bond donors (Lipinski definition) is 0. The van der Waals surface area contributed by atoms with Crippen molar-refractivity contribution in [2.75, 3.05) is 0 Å². The summed E-state index contributed by atoms with van der Waals surface area (Å²) in [6, 6.07) is 0. The van der Waals surface area contributed by atoms with Gasteiger partial charge in [-0.15, -0.1) is 0 Å². The molecule has 1 aliphatic rings. The summed E-state index contributed by atoms with van der Waals surface area (Å²) in [5.41, 5.74) is -0.374. The maximum Gasteiger partial charge on any atom is 0.318 e. The van der Waals surface area contributed by atoms with Crippen molar-refractivity contribution >= 4 is 12.2 Å². The molecule has 0 spiro atoms. The SMILES string of the molecule is CCC(C)(C)OC(=O)C1C=CN=C1. The molecule has 1 atom stereocenters. The lowest BCUT2D eigenvalue weighted by Crippen LogP contribution is -2.30. The van der Waals surface area contributed by atoms with Crippen molar-refractivity contribution in [3.63, 3.8) is 0 Å². The molecule has 72 valence electrons. The summed E-state index contributed by atoms with van der Waals surface area (Å²) in [5, 5.41) is 0. The van der Waals surface area contributed by atoms with E-state index in [-0.39, 0.29) is 17.5 Å². The maximum absolute atomic E-state index is 11.5. The van der Waals surface area contributed by atoms with Gasteiger partial charge >= 0.3 is 5.97 Å². The van der Waals surface area contributed by atoms with Crippen molar-refractivity contribution < 1.29 is 9.53 Å². The zero-order valence-corrected chi connectivity index (χ0v) is 8.28. The van der Waals surface area contributed by atoms with Gasteiger partial charge in [0.2, 0.25) is 0 Å². The molecule has 0 aliphatic carbocycles. The summed E-state index contributed by atoms with van der Waals surface area (Å²) in [4.78, 5) is 15.3. The Kier molecular flexibility index (Phi) is 2.86. The Bertz CT molecular complexity index is 242. The number of esters is 1. The van der Waals surface area contributed by atoms with Crippen LogP contribution < -0.4 is 0 Å². The Labute approximate surface area is 78.5 Å². The number of rotatable bonds is 3. The van der Waals surface area contributed by atoms with E-state index >= 15 is 0 Å². The highest BCUT2D eigenvalue weighted by atomic mass is 16.6. The van der Waals surface area contributed by atoms with Gasteiger partial charge in [-0.2, -0.15) is 0 Å². The molecule has 0 radical (unpaired) electrons. The van der Waals surface area contributed by atoms with Crippen LogP contribution in [0, 0.1) is 5.92 Å². The van der Waals surface area contributed by atoms with Crippen LogP contribution in [0.5, 0.6) is 0 Å². The van der Waals surface area contributed by atoms with Crippen molar-refractivity contribution in [2.24, 2.45) is 10.9 Å². The van der Waals surface area contributed by atoms with Gasteiger partial charge in [0, 0.05) is 12.4 Å². The number of hydrogen-bond acceptors (Lipinski definition) is 3. The van der Waals surface area contributed by atoms with Crippen LogP contribution >= 0.6 is 0 Å². The minimum atomic E-state index is -0.374. The van der Waals surface area contributed by atoms with Crippen molar-refractivity contribution in [2.45, 2.75) is 32.8 Å². The third-order valence-corrected chi connectivity index (χ3v) is 2.13. The summed E-state index contributed by atoms with van der Waals surface area (Å²) in [5.74, 6) is -0.504. The fraction of sp³-hybridized carbons (Fsp3) is 0.600. The first-order valence-electron chi connectivity index (χ1n) is 4.48. The number of nitrogens with zero attached hydrogens (tertiary/aromatic N) is 1. The van der Waals surface area contributed by atoms with E-state index in [1.54, 1.807) is 18.5 Å². The average Bonchev–Trinajstić information content (AvgIpc) is 2.55. The van der Waals surface area contributed by atoms with Crippen molar-refractivity contribution in [3.05, 3.63) is 12.3 Å². The van der Waals surface area contributed by atoms with Crippen LogP contribution in [0.3, 0.4) is 0 Å². The molecule has 1 unspecified atom stereocenters. The van der Waals surface area contributed by atoms with Crippen LogP contribution in [0.1, 0.15) is 27.2 Å². The van der Waals surface area contributed by atoms with Gasteiger partial charge in [-0.05, 0) is 26.3 Å². The first-order valence-corrected chi connectivity index (χ1v) is 4.48. The fourth-order valence-corrected chi connectivity index (χ4v) is 0.886. The van der Waals surface area contributed by atoms with E-state index in [2.05, 4.69) is 4.99 Å². The van der Waals surface area contributed by atoms with Gasteiger partial charge in [-0.3, -0.25) is 9.79 Å². The predicted octanol–water partition coefficient (Wildman–Crippen LogP) is 1.93. The maximum atomic E-state index is 11.5. The monoisotopic (exact) mass is 181 g/mol. The minimum absolute atomic E-state index is 0.218. The molecule has 1 rings (SSSR count).